The van der Waals surface area contributed by atoms with Gasteiger partial charge in [0.1, 0.15) is 0 Å². The summed E-state index contributed by atoms with van der Waals surface area (Å²) in [7, 11) is 4.38. The fourth-order valence-electron chi connectivity index (χ4n) is 2.52. The molecule has 1 amide bonds. The summed E-state index contributed by atoms with van der Waals surface area (Å²) in [5.41, 5.74) is 3.91. The number of hydrogen-bond acceptors (Lipinski definition) is 6. The zero-order valence-corrected chi connectivity index (χ0v) is 15.9. The van der Waals surface area contributed by atoms with Gasteiger partial charge in [0.15, 0.2) is 11.5 Å². The summed E-state index contributed by atoms with van der Waals surface area (Å²) in [6.07, 6.45) is 0.0721. The quantitative estimate of drug-likeness (QED) is 0.507. The Labute approximate surface area is 162 Å². The first-order valence-electron chi connectivity index (χ1n) is 8.44. The molecule has 0 aliphatic carbocycles. The normalized spacial score (nSPS) is 10.9. The van der Waals surface area contributed by atoms with Crippen molar-refractivity contribution in [2.45, 2.75) is 12.8 Å². The first kappa shape index (κ1) is 20.8. The van der Waals surface area contributed by atoms with E-state index >= 15 is 0 Å². The van der Waals surface area contributed by atoms with Crippen molar-refractivity contribution in [1.82, 2.24) is 5.43 Å². The third-order valence-corrected chi connectivity index (χ3v) is 3.90. The van der Waals surface area contributed by atoms with Crippen LogP contribution in [0, 0.1) is 0 Å². The van der Waals surface area contributed by atoms with Gasteiger partial charge < -0.3 is 19.3 Å². The summed E-state index contributed by atoms with van der Waals surface area (Å²) in [6.45, 7) is 0. The summed E-state index contributed by atoms with van der Waals surface area (Å²) in [5, 5.41) is 13.1. The van der Waals surface area contributed by atoms with Crippen molar-refractivity contribution in [3.8, 4) is 17.2 Å². The number of ether oxygens (including phenoxy) is 3. The fraction of sp³-hybridized carbons (Fsp3) is 0.250. The van der Waals surface area contributed by atoms with E-state index in [0.717, 1.165) is 5.56 Å². The monoisotopic (exact) mass is 386 g/mol. The molecule has 8 heteroatoms. The van der Waals surface area contributed by atoms with Gasteiger partial charge in [-0.3, -0.25) is 9.59 Å². The topological polar surface area (TPSA) is 106 Å². The Hall–Kier alpha value is -3.55. The van der Waals surface area contributed by atoms with Crippen LogP contribution in [0.25, 0.3) is 0 Å². The van der Waals surface area contributed by atoms with Gasteiger partial charge in [-0.2, -0.15) is 5.10 Å². The molecule has 0 bridgehead atoms. The number of nitrogens with zero attached hydrogens (tertiary/aromatic N) is 1. The first-order valence-corrected chi connectivity index (χ1v) is 8.44. The van der Waals surface area contributed by atoms with E-state index in [9.17, 15) is 9.59 Å². The highest BCUT2D eigenvalue weighted by Crippen LogP contribution is 2.38. The SMILES string of the molecule is COc1cc(C(=O)NN=C(CCC(=O)O)c2ccccc2)cc(OC)c1OC. The Kier molecular flexibility index (Phi) is 7.38. The molecule has 28 heavy (non-hydrogen) atoms. The van der Waals surface area contributed by atoms with Crippen molar-refractivity contribution in [2.24, 2.45) is 5.10 Å². The van der Waals surface area contributed by atoms with Crippen LogP contribution in [0.4, 0.5) is 0 Å². The molecular formula is C20H22N2O6. The molecule has 2 rings (SSSR count). The number of carbonyl (C=O) groups excluding carboxylic acids is 1. The Morgan fingerprint density at radius 3 is 2.04 bits per heavy atom. The average Bonchev–Trinajstić information content (AvgIpc) is 2.72. The van der Waals surface area contributed by atoms with E-state index in [1.54, 1.807) is 12.1 Å². The van der Waals surface area contributed by atoms with E-state index in [1.165, 1.54) is 33.5 Å². The molecule has 0 spiro atoms. The molecule has 2 N–H and O–H groups in total. The second kappa shape index (κ2) is 9.96. The maximum absolute atomic E-state index is 12.6. The van der Waals surface area contributed by atoms with Gasteiger partial charge in [0.05, 0.1) is 33.5 Å². The number of nitrogens with one attached hydrogen (secondary N) is 1. The van der Waals surface area contributed by atoms with Crippen molar-refractivity contribution in [3.63, 3.8) is 0 Å². The number of carboxylic acids is 1. The molecule has 0 unspecified atom stereocenters. The van der Waals surface area contributed by atoms with Crippen LogP contribution < -0.4 is 19.6 Å². The Balaban J connectivity index is 2.29. The summed E-state index contributed by atoms with van der Waals surface area (Å²) >= 11 is 0. The van der Waals surface area contributed by atoms with E-state index in [1.807, 2.05) is 18.2 Å². The van der Waals surface area contributed by atoms with Crippen molar-refractivity contribution < 1.29 is 28.9 Å². The van der Waals surface area contributed by atoms with Crippen LogP contribution in [0.5, 0.6) is 17.2 Å². The van der Waals surface area contributed by atoms with Crippen LogP contribution in [-0.2, 0) is 4.79 Å². The average molecular weight is 386 g/mol. The van der Waals surface area contributed by atoms with Crippen molar-refractivity contribution in [3.05, 3.63) is 53.6 Å². The van der Waals surface area contributed by atoms with Crippen LogP contribution in [-0.4, -0.2) is 44.0 Å². The minimum Gasteiger partial charge on any atom is -0.493 e. The largest absolute Gasteiger partial charge is 0.493 e. The maximum Gasteiger partial charge on any atom is 0.303 e. The lowest BCUT2D eigenvalue weighted by Crippen LogP contribution is -2.21. The Bertz CT molecular complexity index is 839. The van der Waals surface area contributed by atoms with E-state index in [-0.39, 0.29) is 18.4 Å². The number of carbonyl (C=O) groups is 2. The third-order valence-electron chi connectivity index (χ3n) is 3.90. The molecule has 0 aliphatic rings. The Morgan fingerprint density at radius 2 is 1.54 bits per heavy atom. The summed E-state index contributed by atoms with van der Waals surface area (Å²) in [6, 6.07) is 12.1. The minimum atomic E-state index is -0.945. The molecule has 0 atom stereocenters. The molecular weight excluding hydrogens is 364 g/mol. The summed E-state index contributed by atoms with van der Waals surface area (Å²) < 4.78 is 15.7. The molecule has 0 heterocycles. The number of amides is 1. The predicted octanol–water partition coefficient (Wildman–Crippen LogP) is 2.71. The number of hydrogen-bond donors (Lipinski definition) is 2. The van der Waals surface area contributed by atoms with Gasteiger partial charge in [0.2, 0.25) is 5.75 Å². The smallest absolute Gasteiger partial charge is 0.303 e. The number of methoxy groups -OCH3 is 3. The molecule has 0 radical (unpaired) electrons. The van der Waals surface area contributed by atoms with E-state index in [2.05, 4.69) is 10.5 Å². The maximum atomic E-state index is 12.6. The highest BCUT2D eigenvalue weighted by molar-refractivity contribution is 6.03. The molecule has 0 aromatic heterocycles. The van der Waals surface area contributed by atoms with Gasteiger partial charge in [-0.15, -0.1) is 0 Å². The number of carboxylic acid groups (broad SMARTS) is 1. The van der Waals surface area contributed by atoms with Crippen LogP contribution in [0.3, 0.4) is 0 Å². The molecule has 0 saturated heterocycles. The summed E-state index contributed by atoms with van der Waals surface area (Å²) in [5.74, 6) is -0.394. The van der Waals surface area contributed by atoms with Crippen LogP contribution in [0.1, 0.15) is 28.8 Å². The summed E-state index contributed by atoms with van der Waals surface area (Å²) in [4.78, 5) is 23.5. The first-order chi connectivity index (χ1) is 13.5. The van der Waals surface area contributed by atoms with E-state index in [4.69, 9.17) is 19.3 Å². The fourth-order valence-corrected chi connectivity index (χ4v) is 2.52. The standard InChI is InChI=1S/C20H22N2O6/c1-26-16-11-14(12-17(27-2)19(16)28-3)20(25)22-21-15(9-10-18(23)24)13-7-5-4-6-8-13/h4-8,11-12H,9-10H2,1-3H3,(H,22,25)(H,23,24). The van der Waals surface area contributed by atoms with Gasteiger partial charge in [-0.25, -0.2) is 5.43 Å². The highest BCUT2D eigenvalue weighted by atomic mass is 16.5. The molecule has 0 fully saturated rings. The molecule has 8 nitrogen and oxygen atoms in total. The van der Waals surface area contributed by atoms with Crippen molar-refractivity contribution in [1.29, 1.82) is 0 Å². The number of aliphatic carboxylic acids is 1. The minimum absolute atomic E-state index is 0.103. The lowest BCUT2D eigenvalue weighted by Gasteiger charge is -2.13. The molecule has 0 aliphatic heterocycles. The lowest BCUT2D eigenvalue weighted by molar-refractivity contribution is -0.136. The van der Waals surface area contributed by atoms with Crippen LogP contribution in [0.15, 0.2) is 47.6 Å². The molecule has 148 valence electrons. The molecule has 0 saturated carbocycles. The van der Waals surface area contributed by atoms with Gasteiger partial charge in [0.25, 0.3) is 5.91 Å². The van der Waals surface area contributed by atoms with Gasteiger partial charge in [-0.1, -0.05) is 30.3 Å². The Morgan fingerprint density at radius 1 is 0.929 bits per heavy atom. The highest BCUT2D eigenvalue weighted by Gasteiger charge is 2.17. The van der Waals surface area contributed by atoms with E-state index < -0.39 is 11.9 Å². The molecule has 2 aromatic carbocycles. The second-order valence-corrected chi connectivity index (χ2v) is 5.67. The zero-order chi connectivity index (χ0) is 20.5. The van der Waals surface area contributed by atoms with Crippen molar-refractivity contribution >= 4 is 17.6 Å². The van der Waals surface area contributed by atoms with Gasteiger partial charge in [-0.05, 0) is 17.7 Å². The number of hydrazone groups is 1. The van der Waals surface area contributed by atoms with Gasteiger partial charge >= 0.3 is 5.97 Å². The van der Waals surface area contributed by atoms with E-state index in [0.29, 0.717) is 23.0 Å². The third kappa shape index (κ3) is 5.23. The van der Waals surface area contributed by atoms with Crippen LogP contribution >= 0.6 is 0 Å². The van der Waals surface area contributed by atoms with Crippen LogP contribution in [0.2, 0.25) is 0 Å². The van der Waals surface area contributed by atoms with Gasteiger partial charge in [0, 0.05) is 12.0 Å². The second-order valence-electron chi connectivity index (χ2n) is 5.67. The predicted molar refractivity (Wildman–Crippen MR) is 103 cm³/mol. The lowest BCUT2D eigenvalue weighted by atomic mass is 10.1. The number of rotatable bonds is 9. The molecule has 2 aromatic rings. The zero-order valence-electron chi connectivity index (χ0n) is 15.9. The van der Waals surface area contributed by atoms with Crippen molar-refractivity contribution in [2.75, 3.05) is 21.3 Å². The number of benzene rings is 2.